The molecule has 2 aromatic heterocycles. The lowest BCUT2D eigenvalue weighted by atomic mass is 10.1. The van der Waals surface area contributed by atoms with Gasteiger partial charge in [-0.15, -0.1) is 12.4 Å². The third-order valence-corrected chi connectivity index (χ3v) is 3.77. The van der Waals surface area contributed by atoms with Crippen molar-refractivity contribution in [2.75, 3.05) is 0 Å². The molecule has 4 N–H and O–H groups in total. The lowest BCUT2D eigenvalue weighted by Crippen LogP contribution is -2.24. The van der Waals surface area contributed by atoms with Gasteiger partial charge in [0.25, 0.3) is 5.91 Å². The van der Waals surface area contributed by atoms with E-state index in [1.165, 1.54) is 36.8 Å². The highest BCUT2D eigenvalue weighted by atomic mass is 35.5. The van der Waals surface area contributed by atoms with Crippen LogP contribution in [-0.2, 0) is 25.9 Å². The maximum atomic E-state index is 12.0. The zero-order chi connectivity index (χ0) is 14.7. The van der Waals surface area contributed by atoms with Gasteiger partial charge in [0.15, 0.2) is 5.69 Å². The van der Waals surface area contributed by atoms with E-state index in [-0.39, 0.29) is 30.6 Å². The number of halogens is 1. The predicted octanol–water partition coefficient (Wildman–Crippen LogP) is 1.48. The van der Waals surface area contributed by atoms with E-state index in [0.717, 1.165) is 18.5 Å². The lowest BCUT2D eigenvalue weighted by molar-refractivity contribution is 0.0945. The molecule has 7 nitrogen and oxygen atoms in total. The molecule has 1 amide bonds. The fraction of sp³-hybridized carbons (Fsp3) is 0.500. The summed E-state index contributed by atoms with van der Waals surface area (Å²) in [5, 5.41) is 10.2. The second kappa shape index (κ2) is 7.42. The van der Waals surface area contributed by atoms with Crippen molar-refractivity contribution in [2.24, 2.45) is 5.73 Å². The van der Waals surface area contributed by atoms with E-state index in [1.54, 1.807) is 0 Å². The molecule has 0 saturated carbocycles. The molecule has 22 heavy (non-hydrogen) atoms. The number of hydrogen-bond acceptors (Lipinski definition) is 5. The van der Waals surface area contributed by atoms with Crippen LogP contribution in [0.1, 0.15) is 52.6 Å². The molecule has 0 fully saturated rings. The second-order valence-corrected chi connectivity index (χ2v) is 5.20. The Bertz CT molecular complexity index is 637. The van der Waals surface area contributed by atoms with Crippen molar-refractivity contribution in [1.29, 1.82) is 0 Å². The number of aromatic nitrogens is 3. The van der Waals surface area contributed by atoms with Gasteiger partial charge >= 0.3 is 0 Å². The van der Waals surface area contributed by atoms with E-state index in [9.17, 15) is 4.79 Å². The van der Waals surface area contributed by atoms with Crippen molar-refractivity contribution in [2.45, 2.75) is 45.2 Å². The molecule has 0 atom stereocenters. The summed E-state index contributed by atoms with van der Waals surface area (Å²) in [6.07, 6.45) is 7.01. The normalized spacial score (nSPS) is 13.9. The van der Waals surface area contributed by atoms with Gasteiger partial charge in [0.2, 0.25) is 5.89 Å². The molecule has 2 heterocycles. The molecule has 0 spiro atoms. The smallest absolute Gasteiger partial charge is 0.273 e. The molecule has 1 aliphatic rings. The minimum absolute atomic E-state index is 0. The van der Waals surface area contributed by atoms with Crippen molar-refractivity contribution in [3.05, 3.63) is 34.8 Å². The summed E-state index contributed by atoms with van der Waals surface area (Å²) in [6.45, 7) is 0.579. The van der Waals surface area contributed by atoms with Crippen LogP contribution in [0.3, 0.4) is 0 Å². The summed E-state index contributed by atoms with van der Waals surface area (Å²) >= 11 is 0. The maximum Gasteiger partial charge on any atom is 0.273 e. The van der Waals surface area contributed by atoms with Crippen LogP contribution in [0, 0.1) is 0 Å². The summed E-state index contributed by atoms with van der Waals surface area (Å²) < 4.78 is 5.06. The quantitative estimate of drug-likeness (QED) is 0.737. The van der Waals surface area contributed by atoms with Crippen LogP contribution in [0.15, 0.2) is 10.7 Å². The third-order valence-electron chi connectivity index (χ3n) is 3.77. The highest BCUT2D eigenvalue weighted by Gasteiger charge is 2.17. The molecule has 8 heteroatoms. The first kappa shape index (κ1) is 16.5. The number of nitrogens with one attached hydrogen (secondary N) is 2. The first-order chi connectivity index (χ1) is 10.3. The molecule has 0 unspecified atom stereocenters. The molecule has 0 saturated heterocycles. The molecule has 0 aliphatic heterocycles. The summed E-state index contributed by atoms with van der Waals surface area (Å²) in [5.41, 5.74) is 9.04. The van der Waals surface area contributed by atoms with Crippen molar-refractivity contribution < 1.29 is 9.21 Å². The first-order valence-corrected chi connectivity index (χ1v) is 7.25. The van der Waals surface area contributed by atoms with Crippen LogP contribution in [0.2, 0.25) is 0 Å². The number of aromatic amines is 1. The lowest BCUT2D eigenvalue weighted by Gasteiger charge is -2.03. The standard InChI is InChI=1S/C14H19N5O2.ClH/c15-6-13-17-12(8-21-13)14(20)16-7-11-9-4-2-1-3-5-10(9)18-19-11;/h8H,1-7,15H2,(H,16,20)(H,18,19);1H. The molecule has 3 rings (SSSR count). The van der Waals surface area contributed by atoms with E-state index in [0.29, 0.717) is 12.4 Å². The van der Waals surface area contributed by atoms with Crippen LogP contribution in [0.4, 0.5) is 0 Å². The fourth-order valence-corrected chi connectivity index (χ4v) is 2.64. The highest BCUT2D eigenvalue weighted by molar-refractivity contribution is 5.91. The Morgan fingerprint density at radius 1 is 1.36 bits per heavy atom. The van der Waals surface area contributed by atoms with Gasteiger partial charge in [-0.25, -0.2) is 4.98 Å². The zero-order valence-electron chi connectivity index (χ0n) is 12.2. The van der Waals surface area contributed by atoms with Gasteiger partial charge in [-0.1, -0.05) is 6.42 Å². The predicted molar refractivity (Wildman–Crippen MR) is 82.7 cm³/mol. The number of H-pyrrole nitrogens is 1. The molecule has 1 aliphatic carbocycles. The Hall–Kier alpha value is -1.86. The minimum atomic E-state index is -0.274. The first-order valence-electron chi connectivity index (χ1n) is 7.25. The van der Waals surface area contributed by atoms with Crippen molar-refractivity contribution >= 4 is 18.3 Å². The molecule has 120 valence electrons. The number of aryl methyl sites for hydroxylation is 1. The Kier molecular flexibility index (Phi) is 5.57. The van der Waals surface area contributed by atoms with Crippen molar-refractivity contribution in [1.82, 2.24) is 20.5 Å². The largest absolute Gasteiger partial charge is 0.447 e. The Morgan fingerprint density at radius 3 is 2.95 bits per heavy atom. The van der Waals surface area contributed by atoms with Gasteiger partial charge in [-0.2, -0.15) is 5.10 Å². The molecular weight excluding hydrogens is 306 g/mol. The van der Waals surface area contributed by atoms with Gasteiger partial charge in [-0.05, 0) is 31.2 Å². The number of oxazole rings is 1. The van der Waals surface area contributed by atoms with Crippen LogP contribution < -0.4 is 11.1 Å². The van der Waals surface area contributed by atoms with Gasteiger partial charge < -0.3 is 15.5 Å². The van der Waals surface area contributed by atoms with Crippen molar-refractivity contribution in [3.8, 4) is 0 Å². The Labute approximate surface area is 134 Å². The summed E-state index contributed by atoms with van der Waals surface area (Å²) in [7, 11) is 0. The molecule has 0 bridgehead atoms. The number of carbonyl (C=O) groups is 1. The number of fused-ring (bicyclic) bond motifs is 1. The van der Waals surface area contributed by atoms with Gasteiger partial charge in [0.1, 0.15) is 6.26 Å². The van der Waals surface area contributed by atoms with E-state index < -0.39 is 0 Å². The van der Waals surface area contributed by atoms with E-state index in [1.807, 2.05) is 0 Å². The van der Waals surface area contributed by atoms with Crippen LogP contribution in [0.25, 0.3) is 0 Å². The number of amides is 1. The molecular formula is C14H20ClN5O2. The topological polar surface area (TPSA) is 110 Å². The van der Waals surface area contributed by atoms with Crippen LogP contribution in [0.5, 0.6) is 0 Å². The van der Waals surface area contributed by atoms with Gasteiger partial charge in [0.05, 0.1) is 18.8 Å². The molecule has 2 aromatic rings. The van der Waals surface area contributed by atoms with E-state index in [4.69, 9.17) is 10.2 Å². The zero-order valence-corrected chi connectivity index (χ0v) is 13.0. The average molecular weight is 326 g/mol. The van der Waals surface area contributed by atoms with E-state index >= 15 is 0 Å². The number of rotatable bonds is 4. The summed E-state index contributed by atoms with van der Waals surface area (Å²) in [5.74, 6) is 0.0811. The number of nitrogens with zero attached hydrogens (tertiary/aromatic N) is 2. The Morgan fingerprint density at radius 2 is 2.18 bits per heavy atom. The van der Waals surface area contributed by atoms with Gasteiger partial charge in [-0.3, -0.25) is 9.89 Å². The average Bonchev–Trinajstić information content (AvgIpc) is 3.06. The second-order valence-electron chi connectivity index (χ2n) is 5.20. The van der Waals surface area contributed by atoms with Crippen LogP contribution in [-0.4, -0.2) is 21.1 Å². The summed E-state index contributed by atoms with van der Waals surface area (Å²) in [4.78, 5) is 16.0. The monoisotopic (exact) mass is 325 g/mol. The van der Waals surface area contributed by atoms with Crippen LogP contribution >= 0.6 is 12.4 Å². The van der Waals surface area contributed by atoms with E-state index in [2.05, 4.69) is 20.5 Å². The van der Waals surface area contributed by atoms with Crippen molar-refractivity contribution in [3.63, 3.8) is 0 Å². The number of nitrogens with two attached hydrogens (primary N) is 1. The Balaban J connectivity index is 0.00000176. The fourth-order valence-electron chi connectivity index (χ4n) is 2.64. The maximum absolute atomic E-state index is 12.0. The highest BCUT2D eigenvalue weighted by Crippen LogP contribution is 2.21. The van der Waals surface area contributed by atoms with Gasteiger partial charge in [0, 0.05) is 5.69 Å². The SMILES string of the molecule is Cl.NCc1nc(C(=O)NCc2n[nH]c3c2CCCCC3)co1. The third kappa shape index (κ3) is 3.48. The number of hydrogen-bond donors (Lipinski definition) is 3. The molecule has 0 radical (unpaired) electrons. The molecule has 0 aromatic carbocycles. The minimum Gasteiger partial charge on any atom is -0.447 e. The number of carbonyl (C=O) groups excluding carboxylic acids is 1. The summed E-state index contributed by atoms with van der Waals surface area (Å²) in [6, 6.07) is 0.